The van der Waals surface area contributed by atoms with Gasteiger partial charge in [-0.3, -0.25) is 9.59 Å². The molecule has 1 aromatic heterocycles. The smallest absolute Gasteiger partial charge is 0.248 e. The summed E-state index contributed by atoms with van der Waals surface area (Å²) < 4.78 is 0. The molecule has 2 heterocycles. The number of aromatic nitrogens is 1. The number of nitrogens with one attached hydrogen (secondary N) is 1. The summed E-state index contributed by atoms with van der Waals surface area (Å²) in [5, 5.41) is 0. The highest BCUT2D eigenvalue weighted by molar-refractivity contribution is 5.74. The number of aryl methyl sites for hydroxylation is 1. The molecule has 0 aliphatic carbocycles. The molecule has 1 aromatic rings. The van der Waals surface area contributed by atoms with Gasteiger partial charge in [0.2, 0.25) is 11.5 Å². The van der Waals surface area contributed by atoms with Crippen molar-refractivity contribution >= 4 is 5.91 Å². The molecule has 1 amide bonds. The van der Waals surface area contributed by atoms with Crippen LogP contribution in [-0.2, 0) is 4.79 Å². The normalized spacial score (nSPS) is 20.4. The van der Waals surface area contributed by atoms with Gasteiger partial charge in [-0.15, -0.1) is 0 Å². The van der Waals surface area contributed by atoms with E-state index in [0.29, 0.717) is 0 Å². The van der Waals surface area contributed by atoms with E-state index in [0.717, 1.165) is 37.1 Å². The fraction of sp³-hybridized carbons (Fsp3) is 0.538. The Morgan fingerprint density at radius 3 is 2.82 bits per heavy atom. The van der Waals surface area contributed by atoms with Crippen LogP contribution in [0.3, 0.4) is 0 Å². The first-order chi connectivity index (χ1) is 8.09. The summed E-state index contributed by atoms with van der Waals surface area (Å²) in [6.07, 6.45) is 3.18. The summed E-state index contributed by atoms with van der Waals surface area (Å²) in [4.78, 5) is 27.5. The van der Waals surface area contributed by atoms with Crippen molar-refractivity contribution in [2.24, 2.45) is 0 Å². The fourth-order valence-electron chi connectivity index (χ4n) is 2.58. The number of hydrogen-bond donors (Lipinski definition) is 1. The van der Waals surface area contributed by atoms with Crippen molar-refractivity contribution in [3.63, 3.8) is 0 Å². The van der Waals surface area contributed by atoms with Crippen LogP contribution in [-0.4, -0.2) is 22.3 Å². The monoisotopic (exact) mass is 234 g/mol. The van der Waals surface area contributed by atoms with E-state index in [1.54, 1.807) is 6.92 Å². The topological polar surface area (TPSA) is 53.2 Å². The molecule has 0 spiro atoms. The van der Waals surface area contributed by atoms with Crippen molar-refractivity contribution in [2.75, 3.05) is 6.54 Å². The maximum absolute atomic E-state index is 11.6. The van der Waals surface area contributed by atoms with Gasteiger partial charge in [-0.2, -0.15) is 0 Å². The standard InChI is InChI=1S/C13H18N2O2/c1-9-11(6-7-13(17)14-9)12-5-3-4-8-15(12)10(2)16/h6-7,12H,3-5,8H2,1-2H3,(H,14,17)/t12-/m1/s1. The molecule has 1 saturated heterocycles. The number of H-pyrrole nitrogens is 1. The van der Waals surface area contributed by atoms with Gasteiger partial charge in [0, 0.05) is 25.2 Å². The molecule has 1 fully saturated rings. The number of likely N-dealkylation sites (tertiary alicyclic amines) is 1. The van der Waals surface area contributed by atoms with Gasteiger partial charge in [-0.25, -0.2) is 0 Å². The molecule has 2 rings (SSSR count). The fourth-order valence-corrected chi connectivity index (χ4v) is 2.58. The van der Waals surface area contributed by atoms with Crippen molar-refractivity contribution in [3.05, 3.63) is 33.7 Å². The summed E-state index contributed by atoms with van der Waals surface area (Å²) in [6, 6.07) is 3.51. The number of rotatable bonds is 1. The van der Waals surface area contributed by atoms with Crippen LogP contribution < -0.4 is 5.56 Å². The van der Waals surface area contributed by atoms with Crippen LogP contribution >= 0.6 is 0 Å². The second-order valence-electron chi connectivity index (χ2n) is 4.63. The minimum atomic E-state index is -0.0866. The summed E-state index contributed by atoms with van der Waals surface area (Å²) in [7, 11) is 0. The van der Waals surface area contributed by atoms with E-state index in [2.05, 4.69) is 4.98 Å². The first kappa shape index (κ1) is 11.9. The van der Waals surface area contributed by atoms with Gasteiger partial charge in [0.1, 0.15) is 0 Å². The van der Waals surface area contributed by atoms with Crippen molar-refractivity contribution in [2.45, 2.75) is 39.2 Å². The Morgan fingerprint density at radius 2 is 2.18 bits per heavy atom. The number of carbonyl (C=O) groups is 1. The van der Waals surface area contributed by atoms with Gasteiger partial charge < -0.3 is 9.88 Å². The maximum Gasteiger partial charge on any atom is 0.248 e. The molecular formula is C13H18N2O2. The highest BCUT2D eigenvalue weighted by Crippen LogP contribution is 2.31. The van der Waals surface area contributed by atoms with Gasteiger partial charge in [0.15, 0.2) is 0 Å². The molecule has 0 radical (unpaired) electrons. The lowest BCUT2D eigenvalue weighted by atomic mass is 9.94. The molecule has 4 heteroatoms. The molecule has 1 N–H and O–H groups in total. The van der Waals surface area contributed by atoms with E-state index in [1.807, 2.05) is 17.9 Å². The Bertz CT molecular complexity index is 479. The Balaban J connectivity index is 2.36. The van der Waals surface area contributed by atoms with Crippen LogP contribution in [0.1, 0.15) is 43.5 Å². The van der Waals surface area contributed by atoms with E-state index in [-0.39, 0.29) is 17.5 Å². The average molecular weight is 234 g/mol. The van der Waals surface area contributed by atoms with E-state index < -0.39 is 0 Å². The number of aromatic amines is 1. The predicted octanol–water partition coefficient (Wildman–Crippen LogP) is 1.76. The van der Waals surface area contributed by atoms with Gasteiger partial charge in [0.05, 0.1) is 6.04 Å². The molecule has 0 bridgehead atoms. The highest BCUT2D eigenvalue weighted by Gasteiger charge is 2.26. The van der Waals surface area contributed by atoms with E-state index >= 15 is 0 Å². The van der Waals surface area contributed by atoms with Crippen molar-refractivity contribution < 1.29 is 4.79 Å². The molecule has 0 aromatic carbocycles. The van der Waals surface area contributed by atoms with Crippen molar-refractivity contribution in [1.82, 2.24) is 9.88 Å². The van der Waals surface area contributed by atoms with Crippen molar-refractivity contribution in [3.8, 4) is 0 Å². The summed E-state index contributed by atoms with van der Waals surface area (Å²) in [5.41, 5.74) is 1.85. The zero-order valence-electron chi connectivity index (χ0n) is 10.3. The molecular weight excluding hydrogens is 216 g/mol. The summed E-state index contributed by atoms with van der Waals surface area (Å²) in [5.74, 6) is 0.111. The summed E-state index contributed by atoms with van der Waals surface area (Å²) >= 11 is 0. The lowest BCUT2D eigenvalue weighted by Crippen LogP contribution is -2.37. The number of piperidine rings is 1. The lowest BCUT2D eigenvalue weighted by Gasteiger charge is -2.35. The third-order valence-electron chi connectivity index (χ3n) is 3.42. The van der Waals surface area contributed by atoms with Gasteiger partial charge in [-0.05, 0) is 37.8 Å². The van der Waals surface area contributed by atoms with Crippen molar-refractivity contribution in [1.29, 1.82) is 0 Å². The minimum absolute atomic E-state index is 0.0866. The molecule has 17 heavy (non-hydrogen) atoms. The molecule has 4 nitrogen and oxygen atoms in total. The number of pyridine rings is 1. The highest BCUT2D eigenvalue weighted by atomic mass is 16.2. The number of nitrogens with zero attached hydrogens (tertiary/aromatic N) is 1. The SMILES string of the molecule is CC(=O)N1CCCC[C@@H]1c1ccc(=O)[nH]c1C. The van der Waals surface area contributed by atoms with Gasteiger partial charge in [-0.1, -0.05) is 0 Å². The van der Waals surface area contributed by atoms with Crippen LogP contribution in [0, 0.1) is 6.92 Å². The second kappa shape index (κ2) is 4.73. The Labute approximate surface area is 101 Å². The number of hydrogen-bond acceptors (Lipinski definition) is 2. The van der Waals surface area contributed by atoms with Gasteiger partial charge >= 0.3 is 0 Å². The number of amides is 1. The van der Waals surface area contributed by atoms with Crippen LogP contribution in [0.15, 0.2) is 16.9 Å². The van der Waals surface area contributed by atoms with Crippen LogP contribution in [0.25, 0.3) is 0 Å². The maximum atomic E-state index is 11.6. The average Bonchev–Trinajstić information content (AvgIpc) is 2.29. The Kier molecular flexibility index (Phi) is 3.31. The Hall–Kier alpha value is -1.58. The van der Waals surface area contributed by atoms with Gasteiger partial charge in [0.25, 0.3) is 0 Å². The largest absolute Gasteiger partial charge is 0.336 e. The number of carbonyl (C=O) groups excluding carboxylic acids is 1. The van der Waals surface area contributed by atoms with Crippen LogP contribution in [0.2, 0.25) is 0 Å². The van der Waals surface area contributed by atoms with Crippen LogP contribution in [0.5, 0.6) is 0 Å². The first-order valence-corrected chi connectivity index (χ1v) is 6.06. The third kappa shape index (κ3) is 2.40. The lowest BCUT2D eigenvalue weighted by molar-refractivity contribution is -0.132. The zero-order valence-corrected chi connectivity index (χ0v) is 10.3. The zero-order chi connectivity index (χ0) is 12.4. The van der Waals surface area contributed by atoms with Crippen LogP contribution in [0.4, 0.5) is 0 Å². The quantitative estimate of drug-likeness (QED) is 0.805. The minimum Gasteiger partial charge on any atom is -0.336 e. The molecule has 1 atom stereocenters. The predicted molar refractivity (Wildman–Crippen MR) is 65.8 cm³/mol. The molecule has 1 aliphatic heterocycles. The van der Waals surface area contributed by atoms with E-state index in [9.17, 15) is 9.59 Å². The second-order valence-corrected chi connectivity index (χ2v) is 4.63. The Morgan fingerprint density at radius 1 is 1.41 bits per heavy atom. The first-order valence-electron chi connectivity index (χ1n) is 6.06. The third-order valence-corrected chi connectivity index (χ3v) is 3.42. The summed E-state index contributed by atoms with van der Waals surface area (Å²) in [6.45, 7) is 4.32. The van der Waals surface area contributed by atoms with E-state index in [4.69, 9.17) is 0 Å². The molecule has 1 aliphatic rings. The molecule has 0 unspecified atom stereocenters. The molecule has 0 saturated carbocycles. The van der Waals surface area contributed by atoms with E-state index in [1.165, 1.54) is 6.07 Å². The molecule has 92 valence electrons.